The maximum absolute atomic E-state index is 12.4. The Morgan fingerprint density at radius 2 is 2.00 bits per heavy atom. The maximum Gasteiger partial charge on any atom is 0.230 e. The molecule has 10 heteroatoms. The van der Waals surface area contributed by atoms with Crippen LogP contribution in [0, 0.1) is 0 Å². The molecule has 0 saturated carbocycles. The summed E-state index contributed by atoms with van der Waals surface area (Å²) in [6.45, 7) is 8.97. The third-order valence-electron chi connectivity index (χ3n) is 4.78. The van der Waals surface area contributed by atoms with Crippen LogP contribution in [0.15, 0.2) is 51.4 Å². The van der Waals surface area contributed by atoms with Crippen molar-refractivity contribution in [3.63, 3.8) is 0 Å². The smallest absolute Gasteiger partial charge is 0.230 e. The number of para-hydroxylation sites is 2. The first-order valence-electron chi connectivity index (χ1n) is 10.6. The standard InChI is InChI=1S/C22H29N5O3S2/c1-4-27(5-2)17(19-12-9-13-30-19)14-23-20(28)15-31-22-26-25-21(32-22)24-16-10-7-8-11-18(16)29-6-3/h7-13,17H,4-6,14-15H2,1-3H3,(H,23,28)(H,24,25). The lowest BCUT2D eigenvalue weighted by Gasteiger charge is -2.28. The summed E-state index contributed by atoms with van der Waals surface area (Å²) < 4.78 is 11.9. The molecule has 0 bridgehead atoms. The molecule has 0 spiro atoms. The van der Waals surface area contributed by atoms with E-state index in [1.807, 2.05) is 43.3 Å². The van der Waals surface area contributed by atoms with Gasteiger partial charge in [0.1, 0.15) is 11.5 Å². The van der Waals surface area contributed by atoms with Crippen LogP contribution in [0.25, 0.3) is 0 Å². The van der Waals surface area contributed by atoms with E-state index in [1.54, 1.807) is 6.26 Å². The molecule has 3 rings (SSSR count). The van der Waals surface area contributed by atoms with E-state index < -0.39 is 0 Å². The van der Waals surface area contributed by atoms with E-state index >= 15 is 0 Å². The second-order valence-electron chi connectivity index (χ2n) is 6.77. The number of carbonyl (C=O) groups excluding carboxylic acids is 1. The number of carbonyl (C=O) groups is 1. The van der Waals surface area contributed by atoms with Crippen LogP contribution >= 0.6 is 23.1 Å². The van der Waals surface area contributed by atoms with Crippen molar-refractivity contribution in [2.75, 3.05) is 37.3 Å². The van der Waals surface area contributed by atoms with Crippen molar-refractivity contribution in [2.24, 2.45) is 0 Å². The molecule has 8 nitrogen and oxygen atoms in total. The maximum atomic E-state index is 12.4. The van der Waals surface area contributed by atoms with Crippen molar-refractivity contribution in [1.82, 2.24) is 20.4 Å². The average molecular weight is 476 g/mol. The van der Waals surface area contributed by atoms with Crippen molar-refractivity contribution < 1.29 is 13.9 Å². The first-order chi connectivity index (χ1) is 15.6. The number of hydrogen-bond acceptors (Lipinski definition) is 9. The second kappa shape index (κ2) is 12.5. The number of thioether (sulfide) groups is 1. The minimum atomic E-state index is -0.0508. The monoisotopic (exact) mass is 475 g/mol. The van der Waals surface area contributed by atoms with Gasteiger partial charge in [0.25, 0.3) is 0 Å². The fourth-order valence-electron chi connectivity index (χ4n) is 3.23. The summed E-state index contributed by atoms with van der Waals surface area (Å²) in [6.07, 6.45) is 1.66. The van der Waals surface area contributed by atoms with Crippen LogP contribution in [0.2, 0.25) is 0 Å². The van der Waals surface area contributed by atoms with E-state index in [0.29, 0.717) is 18.3 Å². The molecule has 2 aromatic heterocycles. The van der Waals surface area contributed by atoms with Crippen LogP contribution in [0.5, 0.6) is 5.75 Å². The van der Waals surface area contributed by atoms with Crippen molar-refractivity contribution in [3.05, 3.63) is 48.4 Å². The Labute approximate surface area is 196 Å². The fraction of sp³-hybridized carbons (Fsp3) is 0.409. The number of rotatable bonds is 13. The minimum absolute atomic E-state index is 0.0108. The largest absolute Gasteiger partial charge is 0.492 e. The summed E-state index contributed by atoms with van der Waals surface area (Å²) in [7, 11) is 0. The second-order valence-corrected chi connectivity index (χ2v) is 8.97. The average Bonchev–Trinajstić information content (AvgIpc) is 3.49. The summed E-state index contributed by atoms with van der Waals surface area (Å²) in [5, 5.41) is 15.3. The highest BCUT2D eigenvalue weighted by Crippen LogP contribution is 2.31. The quantitative estimate of drug-likeness (QED) is 0.348. The van der Waals surface area contributed by atoms with Gasteiger partial charge >= 0.3 is 0 Å². The zero-order chi connectivity index (χ0) is 22.8. The molecule has 0 aliphatic heterocycles. The Hall–Kier alpha value is -2.56. The molecule has 0 radical (unpaired) electrons. The van der Waals surface area contributed by atoms with Crippen LogP contribution < -0.4 is 15.4 Å². The Kier molecular flexibility index (Phi) is 9.39. The zero-order valence-corrected chi connectivity index (χ0v) is 20.2. The predicted octanol–water partition coefficient (Wildman–Crippen LogP) is 4.56. The molecule has 3 aromatic rings. The van der Waals surface area contributed by atoms with E-state index in [4.69, 9.17) is 9.15 Å². The molecular formula is C22H29N5O3S2. The molecule has 32 heavy (non-hydrogen) atoms. The number of benzene rings is 1. The third-order valence-corrected chi connectivity index (χ3v) is 6.75. The Bertz CT molecular complexity index is 960. The Morgan fingerprint density at radius 3 is 2.72 bits per heavy atom. The molecule has 0 saturated heterocycles. The SMILES string of the molecule is CCOc1ccccc1Nc1nnc(SCC(=O)NCC(c2ccco2)N(CC)CC)s1. The van der Waals surface area contributed by atoms with Crippen LogP contribution in [-0.2, 0) is 4.79 Å². The van der Waals surface area contributed by atoms with E-state index in [9.17, 15) is 4.79 Å². The lowest BCUT2D eigenvalue weighted by molar-refractivity contribution is -0.118. The van der Waals surface area contributed by atoms with Gasteiger partial charge in [-0.1, -0.05) is 49.1 Å². The molecule has 0 fully saturated rings. The zero-order valence-electron chi connectivity index (χ0n) is 18.5. The number of nitrogens with one attached hydrogen (secondary N) is 2. The molecule has 0 aliphatic rings. The Balaban J connectivity index is 1.51. The van der Waals surface area contributed by atoms with Gasteiger partial charge in [0.05, 0.1) is 30.4 Å². The normalized spacial score (nSPS) is 12.0. The van der Waals surface area contributed by atoms with Gasteiger partial charge < -0.3 is 19.8 Å². The summed E-state index contributed by atoms with van der Waals surface area (Å²) in [5.74, 6) is 1.84. The molecule has 1 unspecified atom stereocenters. The van der Waals surface area contributed by atoms with E-state index in [1.165, 1.54) is 23.1 Å². The van der Waals surface area contributed by atoms with Crippen molar-refractivity contribution >= 4 is 39.8 Å². The lowest BCUT2D eigenvalue weighted by Crippen LogP contribution is -2.38. The van der Waals surface area contributed by atoms with E-state index in [-0.39, 0.29) is 17.7 Å². The number of furan rings is 1. The highest BCUT2D eigenvalue weighted by Gasteiger charge is 2.21. The number of nitrogens with zero attached hydrogens (tertiary/aromatic N) is 3. The summed E-state index contributed by atoms with van der Waals surface area (Å²) in [6, 6.07) is 11.5. The predicted molar refractivity (Wildman–Crippen MR) is 129 cm³/mol. The van der Waals surface area contributed by atoms with Gasteiger partial charge in [0.2, 0.25) is 11.0 Å². The molecule has 1 amide bonds. The van der Waals surface area contributed by atoms with Crippen LogP contribution in [0.3, 0.4) is 0 Å². The molecule has 172 valence electrons. The molecule has 2 N–H and O–H groups in total. The van der Waals surface area contributed by atoms with Gasteiger partial charge in [0, 0.05) is 6.54 Å². The highest BCUT2D eigenvalue weighted by molar-refractivity contribution is 8.01. The van der Waals surface area contributed by atoms with Crippen molar-refractivity contribution in [2.45, 2.75) is 31.2 Å². The third kappa shape index (κ3) is 6.72. The van der Waals surface area contributed by atoms with Gasteiger partial charge in [-0.25, -0.2) is 0 Å². The van der Waals surface area contributed by atoms with E-state index in [0.717, 1.165) is 34.6 Å². The van der Waals surface area contributed by atoms with Crippen molar-refractivity contribution in [1.29, 1.82) is 0 Å². The molecule has 2 heterocycles. The van der Waals surface area contributed by atoms with Crippen molar-refractivity contribution in [3.8, 4) is 5.75 Å². The van der Waals surface area contributed by atoms with Gasteiger partial charge in [-0.3, -0.25) is 9.69 Å². The van der Waals surface area contributed by atoms with E-state index in [2.05, 4.69) is 39.6 Å². The molecule has 0 aliphatic carbocycles. The summed E-state index contributed by atoms with van der Waals surface area (Å²) in [5.41, 5.74) is 0.833. The number of anilines is 2. The fourth-order valence-corrected chi connectivity index (χ4v) is 4.82. The highest BCUT2D eigenvalue weighted by atomic mass is 32.2. The minimum Gasteiger partial charge on any atom is -0.492 e. The molecular weight excluding hydrogens is 446 g/mol. The van der Waals surface area contributed by atoms with Gasteiger partial charge in [-0.05, 0) is 44.3 Å². The Morgan fingerprint density at radius 1 is 1.19 bits per heavy atom. The van der Waals surface area contributed by atoms with Crippen LogP contribution in [-0.4, -0.2) is 53.0 Å². The summed E-state index contributed by atoms with van der Waals surface area (Å²) >= 11 is 2.77. The van der Waals surface area contributed by atoms with Crippen LogP contribution in [0.1, 0.15) is 32.6 Å². The van der Waals surface area contributed by atoms with Gasteiger partial charge in [0.15, 0.2) is 4.34 Å². The number of hydrogen-bond donors (Lipinski definition) is 2. The topological polar surface area (TPSA) is 92.5 Å². The number of amides is 1. The first-order valence-corrected chi connectivity index (χ1v) is 12.4. The number of ether oxygens (including phenoxy) is 1. The molecule has 1 aromatic carbocycles. The lowest BCUT2D eigenvalue weighted by atomic mass is 10.2. The van der Waals surface area contributed by atoms with Crippen LogP contribution in [0.4, 0.5) is 10.8 Å². The van der Waals surface area contributed by atoms with Gasteiger partial charge in [-0.15, -0.1) is 10.2 Å². The first kappa shape index (κ1) is 24.1. The number of aromatic nitrogens is 2. The summed E-state index contributed by atoms with van der Waals surface area (Å²) in [4.78, 5) is 14.7. The number of likely N-dealkylation sites (N-methyl/N-ethyl adjacent to an activating group) is 1. The molecule has 1 atom stereocenters. The van der Waals surface area contributed by atoms with Gasteiger partial charge in [-0.2, -0.15) is 0 Å².